The van der Waals surface area contributed by atoms with E-state index >= 15 is 0 Å². The highest BCUT2D eigenvalue weighted by molar-refractivity contribution is 5.96. The van der Waals surface area contributed by atoms with E-state index in [2.05, 4.69) is 0 Å². The van der Waals surface area contributed by atoms with Gasteiger partial charge in [0.05, 0.1) is 0 Å². The monoisotopic (exact) mass is 272 g/mol. The average molecular weight is 272 g/mol. The summed E-state index contributed by atoms with van der Waals surface area (Å²) in [5, 5.41) is 0. The van der Waals surface area contributed by atoms with E-state index in [1.165, 1.54) is 12.1 Å². The van der Waals surface area contributed by atoms with E-state index in [-0.39, 0.29) is 11.7 Å². The fourth-order valence-electron chi connectivity index (χ4n) is 2.03. The van der Waals surface area contributed by atoms with Gasteiger partial charge in [-0.15, -0.1) is 0 Å². The molecule has 0 saturated carbocycles. The minimum atomic E-state index is -0.283. The fraction of sp³-hybridized carbons (Fsp3) is 0.188. The number of rotatable bonds is 3. The van der Waals surface area contributed by atoms with Crippen LogP contribution in [0, 0.1) is 12.7 Å². The third kappa shape index (κ3) is 2.96. The van der Waals surface area contributed by atoms with Crippen LogP contribution in [0.15, 0.2) is 42.5 Å². The van der Waals surface area contributed by atoms with E-state index in [4.69, 9.17) is 5.73 Å². The number of benzene rings is 2. The summed E-state index contributed by atoms with van der Waals surface area (Å²) in [5.74, 6) is -0.381. The van der Waals surface area contributed by atoms with Gasteiger partial charge in [-0.1, -0.05) is 18.2 Å². The largest absolute Gasteiger partial charge is 0.398 e. The second kappa shape index (κ2) is 5.74. The summed E-state index contributed by atoms with van der Waals surface area (Å²) < 4.78 is 12.9. The van der Waals surface area contributed by atoms with Crippen molar-refractivity contribution in [2.45, 2.75) is 13.5 Å². The lowest BCUT2D eigenvalue weighted by Crippen LogP contribution is -2.27. The molecule has 0 spiro atoms. The van der Waals surface area contributed by atoms with Gasteiger partial charge in [0.25, 0.3) is 5.91 Å². The lowest BCUT2D eigenvalue weighted by Gasteiger charge is -2.19. The molecular formula is C16H17FN2O. The number of carbonyl (C=O) groups is 1. The SMILES string of the molecule is Cc1c(N)cccc1C(=O)N(C)Cc1ccc(F)cc1. The van der Waals surface area contributed by atoms with Gasteiger partial charge in [0.15, 0.2) is 0 Å². The molecule has 0 aliphatic rings. The highest BCUT2D eigenvalue weighted by atomic mass is 19.1. The molecule has 2 rings (SSSR count). The van der Waals surface area contributed by atoms with Crippen LogP contribution >= 0.6 is 0 Å². The molecule has 1 amide bonds. The maximum Gasteiger partial charge on any atom is 0.254 e. The van der Waals surface area contributed by atoms with Crippen molar-refractivity contribution < 1.29 is 9.18 Å². The van der Waals surface area contributed by atoms with Gasteiger partial charge in [-0.05, 0) is 42.3 Å². The lowest BCUT2D eigenvalue weighted by atomic mass is 10.1. The van der Waals surface area contributed by atoms with Crippen LogP contribution in [0.5, 0.6) is 0 Å². The van der Waals surface area contributed by atoms with Gasteiger partial charge in [-0.2, -0.15) is 0 Å². The summed E-state index contributed by atoms with van der Waals surface area (Å²) in [7, 11) is 1.72. The first-order valence-corrected chi connectivity index (χ1v) is 6.34. The second-order valence-electron chi connectivity index (χ2n) is 4.81. The zero-order chi connectivity index (χ0) is 14.7. The Morgan fingerprint density at radius 1 is 1.20 bits per heavy atom. The summed E-state index contributed by atoms with van der Waals surface area (Å²) in [6.07, 6.45) is 0. The summed E-state index contributed by atoms with van der Waals surface area (Å²) >= 11 is 0. The molecule has 0 bridgehead atoms. The Labute approximate surface area is 117 Å². The van der Waals surface area contributed by atoms with Crippen molar-refractivity contribution in [2.24, 2.45) is 0 Å². The van der Waals surface area contributed by atoms with Crippen LogP contribution in [0.25, 0.3) is 0 Å². The molecule has 20 heavy (non-hydrogen) atoms. The summed E-state index contributed by atoms with van der Waals surface area (Å²) in [5.41, 5.74) is 8.67. The Kier molecular flexibility index (Phi) is 4.03. The molecule has 0 saturated heterocycles. The Morgan fingerprint density at radius 3 is 2.50 bits per heavy atom. The molecule has 0 unspecified atom stereocenters. The zero-order valence-corrected chi connectivity index (χ0v) is 11.6. The maximum absolute atomic E-state index is 12.9. The van der Waals surface area contributed by atoms with Crippen molar-refractivity contribution in [3.05, 3.63) is 65.0 Å². The van der Waals surface area contributed by atoms with Crippen molar-refractivity contribution in [1.29, 1.82) is 0 Å². The van der Waals surface area contributed by atoms with Crippen molar-refractivity contribution in [3.8, 4) is 0 Å². The second-order valence-corrected chi connectivity index (χ2v) is 4.81. The van der Waals surface area contributed by atoms with E-state index in [0.29, 0.717) is 17.8 Å². The van der Waals surface area contributed by atoms with E-state index < -0.39 is 0 Å². The van der Waals surface area contributed by atoms with E-state index in [9.17, 15) is 9.18 Å². The molecule has 3 nitrogen and oxygen atoms in total. The molecule has 4 heteroatoms. The first-order valence-electron chi connectivity index (χ1n) is 6.34. The number of nitrogen functional groups attached to an aromatic ring is 1. The first kappa shape index (κ1) is 14.1. The van der Waals surface area contributed by atoms with E-state index in [1.807, 2.05) is 6.92 Å². The van der Waals surface area contributed by atoms with Gasteiger partial charge in [-0.25, -0.2) is 4.39 Å². The Hall–Kier alpha value is -2.36. The lowest BCUT2D eigenvalue weighted by molar-refractivity contribution is 0.0784. The molecule has 0 aliphatic heterocycles. The highest BCUT2D eigenvalue weighted by Gasteiger charge is 2.15. The third-order valence-electron chi connectivity index (χ3n) is 3.29. The van der Waals surface area contributed by atoms with Crippen LogP contribution in [0.4, 0.5) is 10.1 Å². The summed E-state index contributed by atoms with van der Waals surface area (Å²) in [6.45, 7) is 2.25. The fourth-order valence-corrected chi connectivity index (χ4v) is 2.03. The van der Waals surface area contributed by atoms with Crippen LogP contribution in [0.1, 0.15) is 21.5 Å². The Bertz CT molecular complexity index is 623. The molecule has 0 aromatic heterocycles. The normalized spacial score (nSPS) is 10.3. The van der Waals surface area contributed by atoms with Crippen molar-refractivity contribution in [2.75, 3.05) is 12.8 Å². The Balaban J connectivity index is 2.16. The van der Waals surface area contributed by atoms with Gasteiger partial charge < -0.3 is 10.6 Å². The van der Waals surface area contributed by atoms with Gasteiger partial charge in [0.2, 0.25) is 0 Å². The van der Waals surface area contributed by atoms with E-state index in [1.54, 1.807) is 42.3 Å². The van der Waals surface area contributed by atoms with Gasteiger partial charge in [0, 0.05) is 24.8 Å². The molecule has 2 N–H and O–H groups in total. The summed E-state index contributed by atoms with van der Waals surface area (Å²) in [4.78, 5) is 14.0. The predicted molar refractivity (Wildman–Crippen MR) is 77.8 cm³/mol. The molecular weight excluding hydrogens is 255 g/mol. The van der Waals surface area contributed by atoms with Crippen LogP contribution in [0.2, 0.25) is 0 Å². The molecule has 0 atom stereocenters. The smallest absolute Gasteiger partial charge is 0.254 e. The molecule has 104 valence electrons. The van der Waals surface area contributed by atoms with Crippen LogP contribution in [-0.2, 0) is 6.54 Å². The van der Waals surface area contributed by atoms with Crippen LogP contribution in [-0.4, -0.2) is 17.9 Å². The third-order valence-corrected chi connectivity index (χ3v) is 3.29. The number of hydrogen-bond donors (Lipinski definition) is 1. The minimum Gasteiger partial charge on any atom is -0.398 e. The molecule has 0 fully saturated rings. The molecule has 2 aromatic carbocycles. The highest BCUT2D eigenvalue weighted by Crippen LogP contribution is 2.18. The van der Waals surface area contributed by atoms with Gasteiger partial charge >= 0.3 is 0 Å². The van der Waals surface area contributed by atoms with Crippen LogP contribution < -0.4 is 5.73 Å². The summed E-state index contributed by atoms with van der Waals surface area (Å²) in [6, 6.07) is 11.4. The Morgan fingerprint density at radius 2 is 1.85 bits per heavy atom. The van der Waals surface area contributed by atoms with Crippen molar-refractivity contribution in [3.63, 3.8) is 0 Å². The van der Waals surface area contributed by atoms with E-state index in [0.717, 1.165) is 11.1 Å². The molecule has 2 aromatic rings. The van der Waals surface area contributed by atoms with Gasteiger partial charge in [0.1, 0.15) is 5.82 Å². The minimum absolute atomic E-state index is 0.0980. The quantitative estimate of drug-likeness (QED) is 0.873. The van der Waals surface area contributed by atoms with Gasteiger partial charge in [-0.3, -0.25) is 4.79 Å². The number of carbonyl (C=O) groups excluding carboxylic acids is 1. The standard InChI is InChI=1S/C16H17FN2O/c1-11-14(4-3-5-15(11)18)16(20)19(2)10-12-6-8-13(17)9-7-12/h3-9H,10,18H2,1-2H3. The molecule has 0 aliphatic carbocycles. The maximum atomic E-state index is 12.9. The number of hydrogen-bond acceptors (Lipinski definition) is 2. The number of halogens is 1. The van der Waals surface area contributed by atoms with Crippen LogP contribution in [0.3, 0.4) is 0 Å². The number of nitrogens with zero attached hydrogens (tertiary/aromatic N) is 1. The molecule has 0 radical (unpaired) electrons. The zero-order valence-electron chi connectivity index (χ0n) is 11.6. The topological polar surface area (TPSA) is 46.3 Å². The van der Waals surface area contributed by atoms with Crippen molar-refractivity contribution in [1.82, 2.24) is 4.90 Å². The molecule has 0 heterocycles. The first-order chi connectivity index (χ1) is 9.49. The number of amides is 1. The van der Waals surface area contributed by atoms with Crippen molar-refractivity contribution >= 4 is 11.6 Å². The average Bonchev–Trinajstić information content (AvgIpc) is 2.43. The number of anilines is 1. The number of nitrogens with two attached hydrogens (primary N) is 1. The predicted octanol–water partition coefficient (Wildman–Crippen LogP) is 2.99.